The number of allylic oxidation sites excluding steroid dienone is 1. The summed E-state index contributed by atoms with van der Waals surface area (Å²) >= 11 is 0. The number of nitriles is 1. The van der Waals surface area contributed by atoms with E-state index in [1.54, 1.807) is 30.3 Å². The number of aromatic nitrogens is 2. The summed E-state index contributed by atoms with van der Waals surface area (Å²) in [5.41, 5.74) is 2.51. The summed E-state index contributed by atoms with van der Waals surface area (Å²) in [5, 5.41) is 20.4. The first-order valence-corrected chi connectivity index (χ1v) is 8.05. The van der Waals surface area contributed by atoms with Gasteiger partial charge in [0.25, 0.3) is 5.69 Å². The van der Waals surface area contributed by atoms with Crippen molar-refractivity contribution in [1.82, 2.24) is 9.97 Å². The maximum Gasteiger partial charge on any atom is 0.270 e. The van der Waals surface area contributed by atoms with Gasteiger partial charge in [0.1, 0.15) is 23.4 Å². The van der Waals surface area contributed by atoms with E-state index in [0.29, 0.717) is 28.5 Å². The number of hydrogen-bond acceptors (Lipinski definition) is 5. The van der Waals surface area contributed by atoms with Gasteiger partial charge in [-0.15, -0.1) is 0 Å². The van der Waals surface area contributed by atoms with Crippen molar-refractivity contribution >= 4 is 28.4 Å². The largest absolute Gasteiger partial charge is 0.457 e. The van der Waals surface area contributed by atoms with Crippen molar-refractivity contribution in [2.45, 2.75) is 0 Å². The summed E-state index contributed by atoms with van der Waals surface area (Å²) in [4.78, 5) is 18.0. The third-order valence-corrected chi connectivity index (χ3v) is 4.02. The third-order valence-electron chi connectivity index (χ3n) is 4.02. The second-order valence-corrected chi connectivity index (χ2v) is 5.78. The first-order valence-electron chi connectivity index (χ1n) is 8.05. The van der Waals surface area contributed by atoms with Crippen molar-refractivity contribution in [3.63, 3.8) is 0 Å². The summed E-state index contributed by atoms with van der Waals surface area (Å²) < 4.78 is 5.74. The molecule has 0 fully saturated rings. The fourth-order valence-electron chi connectivity index (χ4n) is 2.73. The minimum absolute atomic E-state index is 0.0130. The number of benzene rings is 2. The number of imidazole rings is 1. The Hall–Kier alpha value is -4.18. The van der Waals surface area contributed by atoms with Gasteiger partial charge in [0.2, 0.25) is 0 Å². The first kappa shape index (κ1) is 16.3. The highest BCUT2D eigenvalue weighted by Gasteiger charge is 2.12. The van der Waals surface area contributed by atoms with Crippen molar-refractivity contribution in [2.75, 3.05) is 0 Å². The predicted molar refractivity (Wildman–Crippen MR) is 100 cm³/mol. The van der Waals surface area contributed by atoms with Gasteiger partial charge in [-0.05, 0) is 24.3 Å². The maximum atomic E-state index is 10.9. The van der Waals surface area contributed by atoms with Crippen LogP contribution in [0.4, 0.5) is 5.69 Å². The van der Waals surface area contributed by atoms with Crippen LogP contribution in [0.3, 0.4) is 0 Å². The smallest absolute Gasteiger partial charge is 0.270 e. The van der Waals surface area contributed by atoms with Gasteiger partial charge in [-0.2, -0.15) is 5.26 Å². The van der Waals surface area contributed by atoms with Gasteiger partial charge < -0.3 is 9.40 Å². The normalized spacial score (nSPS) is 11.4. The lowest BCUT2D eigenvalue weighted by Crippen LogP contribution is -1.87. The Balaban J connectivity index is 1.68. The van der Waals surface area contributed by atoms with Crippen molar-refractivity contribution in [1.29, 1.82) is 5.26 Å². The molecule has 4 rings (SSSR count). The molecule has 2 heterocycles. The number of non-ortho nitro benzene ring substituents is 1. The predicted octanol–water partition coefficient (Wildman–Crippen LogP) is 4.80. The second kappa shape index (κ2) is 6.61. The van der Waals surface area contributed by atoms with E-state index in [1.165, 1.54) is 12.1 Å². The summed E-state index contributed by atoms with van der Waals surface area (Å²) in [6.45, 7) is 0. The fraction of sp³-hybridized carbons (Fsp3) is 0. The van der Waals surface area contributed by atoms with Gasteiger partial charge in [0.15, 0.2) is 0 Å². The number of hydrogen-bond donors (Lipinski definition) is 1. The van der Waals surface area contributed by atoms with Gasteiger partial charge in [-0.3, -0.25) is 10.1 Å². The number of fused-ring (bicyclic) bond motifs is 1. The molecule has 0 aliphatic rings. The molecular weight excluding hydrogens is 344 g/mol. The molecular formula is C20H12N4O3. The summed E-state index contributed by atoms with van der Waals surface area (Å²) in [6, 6.07) is 19.2. The summed E-state index contributed by atoms with van der Waals surface area (Å²) in [5.74, 6) is 1.38. The number of furan rings is 1. The van der Waals surface area contributed by atoms with Crippen LogP contribution in [0, 0.1) is 21.4 Å². The molecule has 7 nitrogen and oxygen atoms in total. The van der Waals surface area contributed by atoms with E-state index in [9.17, 15) is 15.4 Å². The van der Waals surface area contributed by atoms with E-state index >= 15 is 0 Å². The highest BCUT2D eigenvalue weighted by Crippen LogP contribution is 2.27. The molecule has 0 atom stereocenters. The zero-order chi connectivity index (χ0) is 18.8. The highest BCUT2D eigenvalue weighted by molar-refractivity contribution is 5.89. The van der Waals surface area contributed by atoms with Crippen LogP contribution in [0.1, 0.15) is 11.6 Å². The standard InChI is InChI=1S/C20H12N4O3/c21-12-14(20-22-17-6-1-2-7-18(17)23-20)11-16-8-9-19(27-16)13-4-3-5-15(10-13)24(25)26/h1-11H,(H,22,23)/b14-11+. The van der Waals surface area contributed by atoms with Crippen molar-refractivity contribution in [3.8, 4) is 17.4 Å². The molecule has 0 saturated carbocycles. The zero-order valence-corrected chi connectivity index (χ0v) is 13.9. The highest BCUT2D eigenvalue weighted by atomic mass is 16.6. The Kier molecular flexibility index (Phi) is 3.99. The molecule has 4 aromatic rings. The lowest BCUT2D eigenvalue weighted by atomic mass is 10.1. The number of nitrogens with one attached hydrogen (secondary N) is 1. The number of nitro groups is 1. The Bertz CT molecular complexity index is 1190. The fourth-order valence-corrected chi connectivity index (χ4v) is 2.73. The monoisotopic (exact) mass is 356 g/mol. The van der Waals surface area contributed by atoms with E-state index in [1.807, 2.05) is 24.3 Å². The van der Waals surface area contributed by atoms with Crippen LogP contribution in [-0.2, 0) is 0 Å². The van der Waals surface area contributed by atoms with Crippen molar-refractivity contribution in [2.24, 2.45) is 0 Å². The Morgan fingerprint density at radius 3 is 2.81 bits per heavy atom. The van der Waals surface area contributed by atoms with Crippen molar-refractivity contribution < 1.29 is 9.34 Å². The van der Waals surface area contributed by atoms with Crippen LogP contribution < -0.4 is 0 Å². The average molecular weight is 356 g/mol. The van der Waals surface area contributed by atoms with E-state index in [4.69, 9.17) is 4.42 Å². The van der Waals surface area contributed by atoms with Gasteiger partial charge in [-0.1, -0.05) is 24.3 Å². The number of nitro benzene ring substituents is 1. The molecule has 0 unspecified atom stereocenters. The van der Waals surface area contributed by atoms with E-state index in [2.05, 4.69) is 16.0 Å². The summed E-state index contributed by atoms with van der Waals surface area (Å²) in [7, 11) is 0. The molecule has 1 N–H and O–H groups in total. The average Bonchev–Trinajstić information content (AvgIpc) is 3.33. The minimum Gasteiger partial charge on any atom is -0.457 e. The van der Waals surface area contributed by atoms with E-state index in [0.717, 1.165) is 11.0 Å². The number of rotatable bonds is 4. The van der Waals surface area contributed by atoms with Gasteiger partial charge in [-0.25, -0.2) is 4.98 Å². The molecule has 2 aromatic heterocycles. The summed E-state index contributed by atoms with van der Waals surface area (Å²) in [6.07, 6.45) is 1.58. The first-order chi connectivity index (χ1) is 13.1. The molecule has 0 radical (unpaired) electrons. The van der Waals surface area contributed by atoms with Crippen LogP contribution in [0.2, 0.25) is 0 Å². The molecule has 0 aliphatic carbocycles. The molecule has 27 heavy (non-hydrogen) atoms. The van der Waals surface area contributed by atoms with Crippen LogP contribution in [0.15, 0.2) is 65.1 Å². The van der Waals surface area contributed by atoms with Gasteiger partial charge in [0.05, 0.1) is 21.5 Å². The lowest BCUT2D eigenvalue weighted by Gasteiger charge is -1.97. The molecule has 0 bridgehead atoms. The maximum absolute atomic E-state index is 10.9. The molecule has 7 heteroatoms. The lowest BCUT2D eigenvalue weighted by molar-refractivity contribution is -0.384. The van der Waals surface area contributed by atoms with E-state index in [-0.39, 0.29) is 5.69 Å². The van der Waals surface area contributed by atoms with Crippen LogP contribution >= 0.6 is 0 Å². The number of nitrogens with zero attached hydrogens (tertiary/aromatic N) is 3. The molecule has 130 valence electrons. The van der Waals surface area contributed by atoms with Crippen LogP contribution in [0.25, 0.3) is 34.0 Å². The minimum atomic E-state index is -0.456. The quantitative estimate of drug-likeness (QED) is 0.321. The van der Waals surface area contributed by atoms with Crippen molar-refractivity contribution in [3.05, 3.63) is 82.4 Å². The molecule has 2 aromatic carbocycles. The molecule has 0 aliphatic heterocycles. The molecule has 0 saturated heterocycles. The SMILES string of the molecule is N#C/C(=C\c1ccc(-c2cccc([N+](=O)[O-])c2)o1)c1nc2ccccc2[nH]1. The zero-order valence-electron chi connectivity index (χ0n) is 13.9. The second-order valence-electron chi connectivity index (χ2n) is 5.78. The Labute approximate surface area is 153 Å². The topological polar surface area (TPSA) is 109 Å². The van der Waals surface area contributed by atoms with Gasteiger partial charge >= 0.3 is 0 Å². The third kappa shape index (κ3) is 3.19. The van der Waals surface area contributed by atoms with Crippen LogP contribution in [0.5, 0.6) is 0 Å². The van der Waals surface area contributed by atoms with E-state index < -0.39 is 4.92 Å². The number of para-hydroxylation sites is 2. The Morgan fingerprint density at radius 2 is 2.04 bits per heavy atom. The van der Waals surface area contributed by atoms with Crippen LogP contribution in [-0.4, -0.2) is 14.9 Å². The molecule has 0 spiro atoms. The number of aromatic amines is 1. The molecule has 0 amide bonds. The Morgan fingerprint density at radius 1 is 1.19 bits per heavy atom. The van der Waals surface area contributed by atoms with Gasteiger partial charge in [0, 0.05) is 23.8 Å². The number of H-pyrrole nitrogens is 1.